The maximum Gasteiger partial charge on any atom is 0.227 e. The van der Waals surface area contributed by atoms with Crippen molar-refractivity contribution in [3.63, 3.8) is 0 Å². The van der Waals surface area contributed by atoms with Crippen LogP contribution in [0.2, 0.25) is 0 Å². The molecule has 1 amide bonds. The molecule has 1 aliphatic carbocycles. The molecule has 3 rings (SSSR count). The molecule has 3 N–H and O–H groups in total. The zero-order valence-corrected chi connectivity index (χ0v) is 11.8. The van der Waals surface area contributed by atoms with Gasteiger partial charge in [0.15, 0.2) is 0 Å². The standard InChI is InChI=1S/C17H19N3O/c18-15-7-6-14(11-15)17(21)20-10-8-13-4-1-3-12-5-2-9-19-16(12)13/h1-7,9,14-15H,8,10-11,18H2,(H,20,21). The van der Waals surface area contributed by atoms with E-state index in [1.54, 1.807) is 6.20 Å². The van der Waals surface area contributed by atoms with Crippen LogP contribution in [0, 0.1) is 5.92 Å². The van der Waals surface area contributed by atoms with E-state index < -0.39 is 0 Å². The summed E-state index contributed by atoms with van der Waals surface area (Å²) in [6, 6.07) is 10.1. The number of hydrogen-bond donors (Lipinski definition) is 2. The van der Waals surface area contributed by atoms with Crippen LogP contribution in [-0.2, 0) is 11.2 Å². The maximum absolute atomic E-state index is 12.0. The number of nitrogens with two attached hydrogens (primary N) is 1. The Labute approximate surface area is 124 Å². The first-order valence-electron chi connectivity index (χ1n) is 7.28. The number of nitrogens with zero attached hydrogens (tertiary/aromatic N) is 1. The van der Waals surface area contributed by atoms with Gasteiger partial charge in [-0.3, -0.25) is 9.78 Å². The number of carbonyl (C=O) groups is 1. The van der Waals surface area contributed by atoms with Crippen molar-refractivity contribution < 1.29 is 4.79 Å². The molecule has 0 spiro atoms. The minimum Gasteiger partial charge on any atom is -0.355 e. The van der Waals surface area contributed by atoms with Crippen LogP contribution < -0.4 is 11.1 Å². The lowest BCUT2D eigenvalue weighted by Gasteiger charge is -2.11. The Kier molecular flexibility index (Phi) is 3.97. The van der Waals surface area contributed by atoms with Gasteiger partial charge in [0.05, 0.1) is 11.4 Å². The van der Waals surface area contributed by atoms with Crippen LogP contribution in [0.25, 0.3) is 10.9 Å². The zero-order chi connectivity index (χ0) is 14.7. The summed E-state index contributed by atoms with van der Waals surface area (Å²) >= 11 is 0. The highest BCUT2D eigenvalue weighted by molar-refractivity contribution is 5.82. The van der Waals surface area contributed by atoms with E-state index in [2.05, 4.69) is 28.5 Å². The van der Waals surface area contributed by atoms with E-state index in [1.165, 1.54) is 0 Å². The molecule has 2 atom stereocenters. The van der Waals surface area contributed by atoms with Gasteiger partial charge in [-0.25, -0.2) is 0 Å². The number of carbonyl (C=O) groups excluding carboxylic acids is 1. The van der Waals surface area contributed by atoms with Crippen molar-refractivity contribution in [3.05, 3.63) is 54.2 Å². The van der Waals surface area contributed by atoms with Crippen LogP contribution in [0.4, 0.5) is 0 Å². The van der Waals surface area contributed by atoms with Crippen LogP contribution >= 0.6 is 0 Å². The van der Waals surface area contributed by atoms with Gasteiger partial charge in [0, 0.05) is 24.2 Å². The molecule has 0 radical (unpaired) electrons. The van der Waals surface area contributed by atoms with Crippen molar-refractivity contribution in [1.82, 2.24) is 10.3 Å². The van der Waals surface area contributed by atoms with Crippen molar-refractivity contribution in [2.75, 3.05) is 6.54 Å². The third kappa shape index (κ3) is 3.11. The SMILES string of the molecule is NC1C=CC(C(=O)NCCc2cccc3cccnc23)C1. The average Bonchev–Trinajstić information content (AvgIpc) is 2.94. The Morgan fingerprint density at radius 1 is 1.29 bits per heavy atom. The van der Waals surface area contributed by atoms with Gasteiger partial charge < -0.3 is 11.1 Å². The zero-order valence-electron chi connectivity index (χ0n) is 11.8. The van der Waals surface area contributed by atoms with Gasteiger partial charge in [0.2, 0.25) is 5.91 Å². The summed E-state index contributed by atoms with van der Waals surface area (Å²) in [5.74, 6) is -0.0157. The van der Waals surface area contributed by atoms with E-state index in [0.717, 1.165) is 22.9 Å². The lowest BCUT2D eigenvalue weighted by molar-refractivity contribution is -0.123. The molecule has 2 aromatic rings. The predicted octanol–water partition coefficient (Wildman–Crippen LogP) is 1.80. The highest BCUT2D eigenvalue weighted by Gasteiger charge is 2.22. The fourth-order valence-corrected chi connectivity index (χ4v) is 2.74. The largest absolute Gasteiger partial charge is 0.355 e. The van der Waals surface area contributed by atoms with Crippen LogP contribution in [0.1, 0.15) is 12.0 Å². The molecular formula is C17H19N3O. The molecule has 2 unspecified atom stereocenters. The highest BCUT2D eigenvalue weighted by atomic mass is 16.1. The number of fused-ring (bicyclic) bond motifs is 1. The van der Waals surface area contributed by atoms with Gasteiger partial charge >= 0.3 is 0 Å². The van der Waals surface area contributed by atoms with E-state index >= 15 is 0 Å². The number of rotatable bonds is 4. The fraction of sp³-hybridized carbons (Fsp3) is 0.294. The van der Waals surface area contributed by atoms with Gasteiger partial charge in [0.1, 0.15) is 0 Å². The van der Waals surface area contributed by atoms with Crippen molar-refractivity contribution in [1.29, 1.82) is 0 Å². The van der Waals surface area contributed by atoms with Gasteiger partial charge in [-0.15, -0.1) is 0 Å². The Morgan fingerprint density at radius 2 is 2.14 bits per heavy atom. The van der Waals surface area contributed by atoms with Crippen LogP contribution in [-0.4, -0.2) is 23.5 Å². The Hall–Kier alpha value is -2.20. The number of para-hydroxylation sites is 1. The first-order chi connectivity index (χ1) is 10.2. The molecule has 0 aliphatic heterocycles. The van der Waals surface area contributed by atoms with Gasteiger partial charge in [0.25, 0.3) is 0 Å². The van der Waals surface area contributed by atoms with E-state index in [0.29, 0.717) is 13.0 Å². The summed E-state index contributed by atoms with van der Waals surface area (Å²) in [7, 11) is 0. The molecule has 108 valence electrons. The van der Waals surface area contributed by atoms with Crippen molar-refractivity contribution in [3.8, 4) is 0 Å². The van der Waals surface area contributed by atoms with E-state index in [9.17, 15) is 4.79 Å². The number of amides is 1. The highest BCUT2D eigenvalue weighted by Crippen LogP contribution is 2.17. The molecule has 0 saturated carbocycles. The second-order valence-electron chi connectivity index (χ2n) is 5.42. The Bertz CT molecular complexity index is 675. The second kappa shape index (κ2) is 6.06. The summed E-state index contributed by atoms with van der Waals surface area (Å²) in [4.78, 5) is 16.4. The van der Waals surface area contributed by atoms with E-state index in [-0.39, 0.29) is 17.9 Å². The minimum atomic E-state index is -0.0781. The van der Waals surface area contributed by atoms with E-state index in [1.807, 2.05) is 24.3 Å². The van der Waals surface area contributed by atoms with Crippen molar-refractivity contribution in [2.45, 2.75) is 18.9 Å². The quantitative estimate of drug-likeness (QED) is 0.840. The maximum atomic E-state index is 12.0. The molecule has 21 heavy (non-hydrogen) atoms. The molecule has 1 aromatic carbocycles. The molecule has 0 bridgehead atoms. The van der Waals surface area contributed by atoms with Crippen LogP contribution in [0.15, 0.2) is 48.7 Å². The average molecular weight is 281 g/mol. The first-order valence-corrected chi connectivity index (χ1v) is 7.28. The van der Waals surface area contributed by atoms with Crippen LogP contribution in [0.5, 0.6) is 0 Å². The van der Waals surface area contributed by atoms with Crippen LogP contribution in [0.3, 0.4) is 0 Å². The molecule has 0 fully saturated rings. The minimum absolute atomic E-state index is 0.0167. The second-order valence-corrected chi connectivity index (χ2v) is 5.42. The summed E-state index contributed by atoms with van der Waals surface area (Å²) in [5, 5.41) is 4.12. The molecular weight excluding hydrogens is 262 g/mol. The van der Waals surface area contributed by atoms with E-state index in [4.69, 9.17) is 5.73 Å². The third-order valence-electron chi connectivity index (χ3n) is 3.86. The van der Waals surface area contributed by atoms with Crippen molar-refractivity contribution >= 4 is 16.8 Å². The molecule has 4 heteroatoms. The number of nitrogens with one attached hydrogen (secondary N) is 1. The van der Waals surface area contributed by atoms with Gasteiger partial charge in [-0.1, -0.05) is 36.4 Å². The number of benzene rings is 1. The summed E-state index contributed by atoms with van der Waals surface area (Å²) in [5.41, 5.74) is 7.94. The summed E-state index contributed by atoms with van der Waals surface area (Å²) in [6.45, 7) is 0.619. The first kappa shape index (κ1) is 13.8. The molecule has 1 aliphatic rings. The summed E-state index contributed by atoms with van der Waals surface area (Å²) < 4.78 is 0. The molecule has 1 aromatic heterocycles. The number of pyridine rings is 1. The monoisotopic (exact) mass is 281 g/mol. The normalized spacial score (nSPS) is 20.8. The molecule has 1 heterocycles. The van der Waals surface area contributed by atoms with Gasteiger partial charge in [-0.2, -0.15) is 0 Å². The topological polar surface area (TPSA) is 68.0 Å². The third-order valence-corrected chi connectivity index (χ3v) is 3.86. The van der Waals surface area contributed by atoms with Crippen molar-refractivity contribution in [2.24, 2.45) is 11.7 Å². The smallest absolute Gasteiger partial charge is 0.227 e. The fourth-order valence-electron chi connectivity index (χ4n) is 2.74. The van der Waals surface area contributed by atoms with Gasteiger partial charge in [-0.05, 0) is 24.5 Å². The number of hydrogen-bond acceptors (Lipinski definition) is 3. The molecule has 0 saturated heterocycles. The lowest BCUT2D eigenvalue weighted by Crippen LogP contribution is -2.32. The Balaban J connectivity index is 1.60. The predicted molar refractivity (Wildman–Crippen MR) is 83.7 cm³/mol. The summed E-state index contributed by atoms with van der Waals surface area (Å²) in [6.07, 6.45) is 7.09. The number of aromatic nitrogens is 1. The Morgan fingerprint density at radius 3 is 2.95 bits per heavy atom. The lowest BCUT2D eigenvalue weighted by atomic mass is 10.1. The molecule has 4 nitrogen and oxygen atoms in total.